The number of benzene rings is 1. The number of halogens is 8. The predicted molar refractivity (Wildman–Crippen MR) is 109 cm³/mol. The molecule has 0 amide bonds. The van der Waals surface area contributed by atoms with Crippen molar-refractivity contribution in [2.75, 3.05) is 0 Å². The van der Waals surface area contributed by atoms with E-state index >= 15 is 0 Å². The average molecular weight is 529 g/mol. The molecule has 3 aromatic rings. The zero-order chi connectivity index (χ0) is 26.3. The summed E-state index contributed by atoms with van der Waals surface area (Å²) >= 11 is 0. The van der Waals surface area contributed by atoms with Gasteiger partial charge in [-0.05, 0) is 32.0 Å². The van der Waals surface area contributed by atoms with Crippen LogP contribution in [0, 0.1) is 0 Å². The molecule has 0 spiro atoms. The number of hydrogen-bond donors (Lipinski definition) is 0. The van der Waals surface area contributed by atoms with E-state index in [-0.39, 0.29) is 23.3 Å². The quantitative estimate of drug-likeness (QED) is 0.210. The lowest BCUT2D eigenvalue weighted by molar-refractivity contribution is -0.140. The van der Waals surface area contributed by atoms with Gasteiger partial charge in [-0.2, -0.15) is 13.2 Å². The van der Waals surface area contributed by atoms with Gasteiger partial charge in [0, 0.05) is 29.7 Å². The van der Waals surface area contributed by atoms with Crippen LogP contribution in [0.2, 0.25) is 0 Å². The van der Waals surface area contributed by atoms with Gasteiger partial charge in [-0.15, -0.1) is 5.10 Å². The van der Waals surface area contributed by atoms with Crippen molar-refractivity contribution < 1.29 is 42.1 Å². The van der Waals surface area contributed by atoms with E-state index in [2.05, 4.69) is 20.1 Å². The minimum absolute atomic E-state index is 0.150. The van der Waals surface area contributed by atoms with Crippen molar-refractivity contribution >= 4 is 28.0 Å². The van der Waals surface area contributed by atoms with Crippen molar-refractivity contribution in [1.29, 1.82) is 0 Å². The summed E-state index contributed by atoms with van der Waals surface area (Å²) in [6.45, 7) is 3.13. The van der Waals surface area contributed by atoms with Gasteiger partial charge in [0.1, 0.15) is 17.6 Å². The average Bonchev–Trinajstić information content (AvgIpc) is 3.18. The topological polar surface area (TPSA) is 82.8 Å². The highest BCUT2D eigenvalue weighted by atomic mass is 32.5. The molecule has 2 heterocycles. The van der Waals surface area contributed by atoms with Gasteiger partial charge in [0.15, 0.2) is 5.82 Å². The predicted octanol–water partition coefficient (Wildman–Crippen LogP) is 6.36. The zero-order valence-electron chi connectivity index (χ0n) is 17.7. The van der Waals surface area contributed by atoms with E-state index in [0.29, 0.717) is 0 Å². The fourth-order valence-electron chi connectivity index (χ4n) is 2.68. The van der Waals surface area contributed by atoms with E-state index in [1.54, 1.807) is 13.8 Å². The van der Waals surface area contributed by atoms with Gasteiger partial charge in [-0.1, -0.05) is 19.4 Å². The lowest BCUT2D eigenvalue weighted by Gasteiger charge is -2.40. The highest BCUT2D eigenvalue weighted by Crippen LogP contribution is 3.02. The van der Waals surface area contributed by atoms with Crippen molar-refractivity contribution in [3.05, 3.63) is 54.4 Å². The number of carbonyl (C=O) groups is 1. The number of alkyl halides is 3. The second-order valence-corrected chi connectivity index (χ2v) is 9.79. The number of rotatable bonds is 6. The van der Waals surface area contributed by atoms with Crippen molar-refractivity contribution in [2.24, 2.45) is 0 Å². The summed E-state index contributed by atoms with van der Waals surface area (Å²) in [6, 6.07) is -0.633. The van der Waals surface area contributed by atoms with Crippen LogP contribution in [0.3, 0.4) is 0 Å². The van der Waals surface area contributed by atoms with Gasteiger partial charge in [0.2, 0.25) is 0 Å². The third-order valence-corrected chi connectivity index (χ3v) is 5.27. The zero-order valence-corrected chi connectivity index (χ0v) is 18.5. The Balaban J connectivity index is 2.13. The summed E-state index contributed by atoms with van der Waals surface area (Å²) in [5.41, 5.74) is -2.96. The summed E-state index contributed by atoms with van der Waals surface area (Å²) < 4.78 is 112. The van der Waals surface area contributed by atoms with Crippen LogP contribution < -0.4 is 0 Å². The highest BCUT2D eigenvalue weighted by Gasteiger charge is 2.66. The maximum atomic E-state index is 13.3. The molecule has 1 aromatic carbocycles. The summed E-state index contributed by atoms with van der Waals surface area (Å²) in [5, 5.41) is 3.71. The Morgan fingerprint density at radius 1 is 1.06 bits per heavy atom. The Bertz CT molecular complexity index is 1290. The molecule has 0 radical (unpaired) electrons. The maximum absolute atomic E-state index is 13.3. The van der Waals surface area contributed by atoms with Crippen molar-refractivity contribution in [3.63, 3.8) is 0 Å². The van der Waals surface area contributed by atoms with Gasteiger partial charge in [0.05, 0.1) is 17.2 Å². The number of aromatic nitrogens is 5. The first-order valence-corrected chi connectivity index (χ1v) is 11.3. The van der Waals surface area contributed by atoms with E-state index in [9.17, 15) is 37.4 Å². The van der Waals surface area contributed by atoms with Crippen LogP contribution in [0.25, 0.3) is 23.2 Å². The molecular weight excluding hydrogens is 514 g/mol. The summed E-state index contributed by atoms with van der Waals surface area (Å²) in [5.74, 6) is -1.61. The molecular formula is C19H15F8N5O2S. The van der Waals surface area contributed by atoms with Gasteiger partial charge in [-0.25, -0.2) is 24.4 Å². The number of esters is 1. The molecule has 0 bridgehead atoms. The third kappa shape index (κ3) is 6.52. The summed E-state index contributed by atoms with van der Waals surface area (Å²) in [4.78, 5) is 20.8. The number of nitrogens with zero attached hydrogens (tertiary/aromatic N) is 5. The molecule has 0 saturated heterocycles. The lowest BCUT2D eigenvalue weighted by Crippen LogP contribution is -2.14. The van der Waals surface area contributed by atoms with Crippen LogP contribution in [-0.4, -0.2) is 36.8 Å². The first kappa shape index (κ1) is 26.1. The van der Waals surface area contributed by atoms with Crippen LogP contribution in [-0.2, 0) is 15.7 Å². The summed E-state index contributed by atoms with van der Waals surface area (Å²) in [6.07, 6.45) is -0.389. The second kappa shape index (κ2) is 8.00. The fourth-order valence-corrected chi connectivity index (χ4v) is 3.38. The Kier molecular flexibility index (Phi) is 5.95. The van der Waals surface area contributed by atoms with Crippen LogP contribution in [0.5, 0.6) is 0 Å². The van der Waals surface area contributed by atoms with Crippen LogP contribution in [0.15, 0.2) is 48.1 Å². The van der Waals surface area contributed by atoms with Gasteiger partial charge >= 0.3 is 22.4 Å². The standard InChI is InChI=1S/C19H15F8N5O2S/c1-11(2)34-18(33)16(13-6-28-9-29-7-13)8-32-10-30-17(31-32)12-3-14(19(20,21)22)5-15(4-12)35(23,24,25,26)27/h3-11H,1-2H3/b16-8-. The molecule has 0 fully saturated rings. The molecule has 2 aromatic heterocycles. The number of carbonyl (C=O) groups excluding carboxylic acids is 1. The lowest BCUT2D eigenvalue weighted by atomic mass is 10.1. The smallest absolute Gasteiger partial charge is 0.416 e. The SMILES string of the molecule is CC(C)OC(=O)/C(=C\n1cnc(-c2cc(C(F)(F)F)cc(S(F)(F)(F)(F)F)c2)n1)c1cncnc1. The number of ether oxygens (including phenoxy) is 1. The molecule has 0 atom stereocenters. The molecule has 0 aliphatic carbocycles. The molecule has 0 N–H and O–H groups in total. The Morgan fingerprint density at radius 2 is 1.69 bits per heavy atom. The molecule has 190 valence electrons. The fraction of sp³-hybridized carbons (Fsp3) is 0.211. The maximum Gasteiger partial charge on any atom is 0.416 e. The molecule has 0 aliphatic rings. The van der Waals surface area contributed by atoms with Crippen LogP contribution in [0.1, 0.15) is 25.0 Å². The van der Waals surface area contributed by atoms with E-state index < -0.39 is 56.4 Å². The molecule has 0 saturated carbocycles. The van der Waals surface area contributed by atoms with Gasteiger partial charge < -0.3 is 4.74 Å². The second-order valence-electron chi connectivity index (χ2n) is 7.38. The Morgan fingerprint density at radius 3 is 2.23 bits per heavy atom. The molecule has 7 nitrogen and oxygen atoms in total. The molecule has 0 unspecified atom stereocenters. The Hall–Kier alpha value is -3.56. The minimum atomic E-state index is -10.5. The minimum Gasteiger partial charge on any atom is -0.459 e. The normalized spacial score (nSPS) is 15.0. The molecule has 3 rings (SSSR count). The molecule has 0 aliphatic heterocycles. The summed E-state index contributed by atoms with van der Waals surface area (Å²) in [7, 11) is -10.5. The van der Waals surface area contributed by atoms with Crippen LogP contribution >= 0.6 is 10.2 Å². The van der Waals surface area contributed by atoms with E-state index in [0.717, 1.165) is 17.2 Å². The van der Waals surface area contributed by atoms with Crippen molar-refractivity contribution in [3.8, 4) is 11.4 Å². The number of hydrogen-bond acceptors (Lipinski definition) is 6. The highest BCUT2D eigenvalue weighted by molar-refractivity contribution is 8.45. The first-order valence-electron chi connectivity index (χ1n) is 9.39. The van der Waals surface area contributed by atoms with Gasteiger partial charge in [0.25, 0.3) is 0 Å². The first-order chi connectivity index (χ1) is 15.8. The largest absolute Gasteiger partial charge is 0.459 e. The third-order valence-electron chi connectivity index (χ3n) is 4.14. The van der Waals surface area contributed by atoms with Crippen molar-refractivity contribution in [1.82, 2.24) is 24.7 Å². The Labute approximate surface area is 192 Å². The monoisotopic (exact) mass is 529 g/mol. The van der Waals surface area contributed by atoms with Crippen LogP contribution in [0.4, 0.5) is 32.6 Å². The molecule has 35 heavy (non-hydrogen) atoms. The van der Waals surface area contributed by atoms with E-state index in [1.165, 1.54) is 18.7 Å². The van der Waals surface area contributed by atoms with E-state index in [4.69, 9.17) is 4.74 Å². The molecule has 16 heteroatoms. The van der Waals surface area contributed by atoms with Crippen molar-refractivity contribution in [2.45, 2.75) is 31.0 Å². The van der Waals surface area contributed by atoms with Gasteiger partial charge in [-0.3, -0.25) is 0 Å². The van der Waals surface area contributed by atoms with E-state index in [1.807, 2.05) is 0 Å².